The lowest BCUT2D eigenvalue weighted by atomic mass is 10.2. The molecule has 0 bridgehead atoms. The zero-order valence-corrected chi connectivity index (χ0v) is 17.1. The topological polar surface area (TPSA) is 38.8 Å². The Labute approximate surface area is 173 Å². The first-order valence-electron chi connectivity index (χ1n) is 8.43. The summed E-state index contributed by atoms with van der Waals surface area (Å²) < 4.78 is 10.6. The van der Waals surface area contributed by atoms with E-state index >= 15 is 0 Å². The maximum absolute atomic E-state index is 12.2. The van der Waals surface area contributed by atoms with Gasteiger partial charge in [0.15, 0.2) is 0 Å². The van der Waals surface area contributed by atoms with Gasteiger partial charge in [-0.3, -0.25) is 4.79 Å². The minimum Gasteiger partial charge on any atom is -0.496 e. The molecule has 1 amide bonds. The van der Waals surface area contributed by atoms with Crippen LogP contribution in [0.4, 0.5) is 0 Å². The van der Waals surface area contributed by atoms with Crippen LogP contribution >= 0.6 is 35.0 Å². The molecular formula is C20H19Cl2NO3S. The molecule has 4 nitrogen and oxygen atoms in total. The third-order valence-corrected chi connectivity index (χ3v) is 6.22. The fourth-order valence-corrected chi connectivity index (χ4v) is 4.16. The zero-order chi connectivity index (χ0) is 19.2. The average molecular weight is 424 g/mol. The molecule has 0 radical (unpaired) electrons. The molecule has 1 saturated heterocycles. The van der Waals surface area contributed by atoms with Crippen molar-refractivity contribution < 1.29 is 14.3 Å². The summed E-state index contributed by atoms with van der Waals surface area (Å²) in [5, 5.41) is 0.871. The molecule has 1 heterocycles. The maximum Gasteiger partial charge on any atom is 0.246 e. The lowest BCUT2D eigenvalue weighted by Gasteiger charge is -2.25. The fourth-order valence-electron chi connectivity index (χ4n) is 2.63. The minimum absolute atomic E-state index is 0.0574. The summed E-state index contributed by atoms with van der Waals surface area (Å²) in [7, 11) is 1.63. The molecule has 1 fully saturated rings. The van der Waals surface area contributed by atoms with Gasteiger partial charge in [-0.1, -0.05) is 53.2 Å². The highest BCUT2D eigenvalue weighted by Crippen LogP contribution is 2.42. The number of hydrogen-bond acceptors (Lipinski definition) is 4. The van der Waals surface area contributed by atoms with Crippen molar-refractivity contribution >= 4 is 46.9 Å². The van der Waals surface area contributed by atoms with E-state index in [1.165, 1.54) is 17.8 Å². The molecule has 0 saturated carbocycles. The molecule has 0 N–H and O–H groups in total. The van der Waals surface area contributed by atoms with Crippen molar-refractivity contribution in [3.63, 3.8) is 0 Å². The number of methoxy groups -OCH3 is 1. The monoisotopic (exact) mass is 423 g/mol. The van der Waals surface area contributed by atoms with Gasteiger partial charge in [-0.15, -0.1) is 0 Å². The highest BCUT2D eigenvalue weighted by atomic mass is 35.5. The van der Waals surface area contributed by atoms with Crippen molar-refractivity contribution in [3.8, 4) is 5.75 Å². The number of carbonyl (C=O) groups excluding carboxylic acids is 1. The Morgan fingerprint density at radius 1 is 1.11 bits per heavy atom. The highest BCUT2D eigenvalue weighted by Gasteiger charge is 2.15. The van der Waals surface area contributed by atoms with Gasteiger partial charge in [0, 0.05) is 24.1 Å². The predicted octanol–water partition coefficient (Wildman–Crippen LogP) is 5.03. The summed E-state index contributed by atoms with van der Waals surface area (Å²) in [4.78, 5) is 15.8. The van der Waals surface area contributed by atoms with Crippen LogP contribution in [0, 0.1) is 0 Å². The average Bonchev–Trinajstić information content (AvgIpc) is 2.71. The molecule has 142 valence electrons. The number of morpholine rings is 1. The van der Waals surface area contributed by atoms with Crippen molar-refractivity contribution in [1.29, 1.82) is 0 Å². The number of halogens is 2. The Hall–Kier alpha value is -1.66. The number of rotatable bonds is 5. The zero-order valence-electron chi connectivity index (χ0n) is 14.8. The van der Waals surface area contributed by atoms with E-state index in [1.54, 1.807) is 18.1 Å². The maximum atomic E-state index is 12.2. The Morgan fingerprint density at radius 2 is 1.85 bits per heavy atom. The van der Waals surface area contributed by atoms with Crippen LogP contribution in [0.1, 0.15) is 5.56 Å². The summed E-state index contributed by atoms with van der Waals surface area (Å²) in [5.74, 6) is 0.715. The molecule has 1 aliphatic heterocycles. The molecule has 7 heteroatoms. The Morgan fingerprint density at radius 3 is 2.59 bits per heavy atom. The Bertz CT molecular complexity index is 851. The molecule has 2 aromatic carbocycles. The predicted molar refractivity (Wildman–Crippen MR) is 110 cm³/mol. The standard InChI is InChI=1S/C20H19Cl2NO3S/c1-25-15-4-2-3-5-16(15)27-17-8-6-14(19(21)20(17)22)7-9-18(24)23-10-12-26-13-11-23/h2-9H,10-13H2,1H3/b9-7+. The second-order valence-electron chi connectivity index (χ2n) is 5.80. The first kappa shape index (κ1) is 20.1. The molecule has 27 heavy (non-hydrogen) atoms. The summed E-state index contributed by atoms with van der Waals surface area (Å²) in [6, 6.07) is 11.5. The number of hydrogen-bond donors (Lipinski definition) is 0. The fraction of sp³-hybridized carbons (Fsp3) is 0.250. The molecule has 0 aliphatic carbocycles. The SMILES string of the molecule is COc1ccccc1Sc1ccc(/C=C/C(=O)N2CCOCC2)c(Cl)c1Cl. The number of carbonyl (C=O) groups is 1. The van der Waals surface area contributed by atoms with E-state index in [0.717, 1.165) is 15.5 Å². The van der Waals surface area contributed by atoms with Crippen LogP contribution in [0.2, 0.25) is 10.0 Å². The van der Waals surface area contributed by atoms with Gasteiger partial charge in [0.1, 0.15) is 5.75 Å². The summed E-state index contributed by atoms with van der Waals surface area (Å²) in [5.41, 5.74) is 0.702. The van der Waals surface area contributed by atoms with E-state index < -0.39 is 0 Å². The van der Waals surface area contributed by atoms with Gasteiger partial charge in [0.05, 0.1) is 35.3 Å². The molecule has 0 unspecified atom stereocenters. The Kier molecular flexibility index (Phi) is 7.07. The quantitative estimate of drug-likeness (QED) is 0.632. The van der Waals surface area contributed by atoms with E-state index in [-0.39, 0.29) is 5.91 Å². The first-order valence-corrected chi connectivity index (χ1v) is 10.0. The largest absolute Gasteiger partial charge is 0.496 e. The second kappa shape index (κ2) is 9.51. The van der Waals surface area contributed by atoms with Gasteiger partial charge in [0.25, 0.3) is 0 Å². The molecule has 0 aromatic heterocycles. The minimum atomic E-state index is -0.0574. The molecular weight excluding hydrogens is 405 g/mol. The van der Waals surface area contributed by atoms with E-state index in [1.807, 2.05) is 36.4 Å². The molecule has 2 aromatic rings. The van der Waals surface area contributed by atoms with Crippen molar-refractivity contribution in [2.45, 2.75) is 9.79 Å². The number of benzene rings is 2. The lowest BCUT2D eigenvalue weighted by molar-refractivity contribution is -0.129. The third kappa shape index (κ3) is 4.99. The number of para-hydroxylation sites is 1. The van der Waals surface area contributed by atoms with Crippen molar-refractivity contribution in [3.05, 3.63) is 58.1 Å². The van der Waals surface area contributed by atoms with E-state index in [4.69, 9.17) is 32.7 Å². The van der Waals surface area contributed by atoms with Crippen LogP contribution in [0.25, 0.3) is 6.08 Å². The second-order valence-corrected chi connectivity index (χ2v) is 7.64. The van der Waals surface area contributed by atoms with Crippen LogP contribution in [-0.2, 0) is 9.53 Å². The summed E-state index contributed by atoms with van der Waals surface area (Å²) in [6.07, 6.45) is 3.22. The summed E-state index contributed by atoms with van der Waals surface area (Å²) in [6.45, 7) is 2.35. The van der Waals surface area contributed by atoms with Gasteiger partial charge in [0.2, 0.25) is 5.91 Å². The molecule has 1 aliphatic rings. The van der Waals surface area contributed by atoms with Crippen molar-refractivity contribution in [1.82, 2.24) is 4.90 Å². The molecule has 0 atom stereocenters. The lowest BCUT2D eigenvalue weighted by Crippen LogP contribution is -2.39. The van der Waals surface area contributed by atoms with E-state index in [9.17, 15) is 4.79 Å². The smallest absolute Gasteiger partial charge is 0.246 e. The number of ether oxygens (including phenoxy) is 2. The highest BCUT2D eigenvalue weighted by molar-refractivity contribution is 7.99. The van der Waals surface area contributed by atoms with Gasteiger partial charge in [-0.2, -0.15) is 0 Å². The van der Waals surface area contributed by atoms with Crippen molar-refractivity contribution in [2.75, 3.05) is 33.4 Å². The van der Waals surface area contributed by atoms with Gasteiger partial charge in [-0.05, 0) is 29.8 Å². The Balaban J connectivity index is 1.76. The third-order valence-electron chi connectivity index (χ3n) is 4.09. The van der Waals surface area contributed by atoms with E-state index in [2.05, 4.69) is 0 Å². The first-order chi connectivity index (χ1) is 13.1. The van der Waals surface area contributed by atoms with Crippen LogP contribution < -0.4 is 4.74 Å². The van der Waals surface area contributed by atoms with Crippen LogP contribution in [0.15, 0.2) is 52.3 Å². The van der Waals surface area contributed by atoms with Crippen LogP contribution in [0.5, 0.6) is 5.75 Å². The molecule has 3 rings (SSSR count). The number of nitrogens with zero attached hydrogens (tertiary/aromatic N) is 1. The molecule has 0 spiro atoms. The van der Waals surface area contributed by atoms with Gasteiger partial charge in [-0.25, -0.2) is 0 Å². The summed E-state index contributed by atoms with van der Waals surface area (Å²) >= 11 is 14.4. The van der Waals surface area contributed by atoms with Crippen LogP contribution in [-0.4, -0.2) is 44.2 Å². The normalized spacial score (nSPS) is 14.6. The number of amides is 1. The van der Waals surface area contributed by atoms with Gasteiger partial charge >= 0.3 is 0 Å². The van der Waals surface area contributed by atoms with Crippen molar-refractivity contribution in [2.24, 2.45) is 0 Å². The van der Waals surface area contributed by atoms with Gasteiger partial charge < -0.3 is 14.4 Å². The van der Waals surface area contributed by atoms with E-state index in [0.29, 0.717) is 41.9 Å². The van der Waals surface area contributed by atoms with Crippen LogP contribution in [0.3, 0.4) is 0 Å².